The van der Waals surface area contributed by atoms with Crippen LogP contribution in [0, 0.1) is 0 Å². The summed E-state index contributed by atoms with van der Waals surface area (Å²) in [6.45, 7) is 0.409. The molecule has 3 aromatic rings. The number of nitrogens with zero attached hydrogens (tertiary/aromatic N) is 3. The van der Waals surface area contributed by atoms with Gasteiger partial charge in [-0.25, -0.2) is 13.4 Å². The Morgan fingerprint density at radius 1 is 1.21 bits per heavy atom. The van der Waals surface area contributed by atoms with Crippen LogP contribution >= 0.6 is 11.6 Å². The fourth-order valence-corrected chi connectivity index (χ4v) is 5.72. The highest BCUT2D eigenvalue weighted by molar-refractivity contribution is 7.89. The molecule has 0 aliphatic carbocycles. The number of hydrogen-bond acceptors (Lipinski definition) is 8. The van der Waals surface area contributed by atoms with Crippen LogP contribution in [0.4, 0.5) is 0 Å². The number of carbonyl (C=O) groups is 1. The van der Waals surface area contributed by atoms with E-state index in [0.717, 1.165) is 10.7 Å². The number of sulfonamides is 1. The molecular formula is C21H23ClN4O6S. The highest BCUT2D eigenvalue weighted by atomic mass is 35.5. The van der Waals surface area contributed by atoms with Crippen LogP contribution in [0.1, 0.15) is 24.8 Å². The van der Waals surface area contributed by atoms with E-state index in [0.29, 0.717) is 36.4 Å². The van der Waals surface area contributed by atoms with Gasteiger partial charge in [0.25, 0.3) is 10.0 Å². The molecule has 0 radical (unpaired) electrons. The van der Waals surface area contributed by atoms with Crippen LogP contribution in [-0.4, -0.2) is 55.6 Å². The van der Waals surface area contributed by atoms with Gasteiger partial charge in [0.15, 0.2) is 22.1 Å². The number of aromatic nitrogens is 2. The Morgan fingerprint density at radius 3 is 2.76 bits per heavy atom. The van der Waals surface area contributed by atoms with E-state index in [9.17, 15) is 13.2 Å². The van der Waals surface area contributed by atoms with Crippen LogP contribution in [0.3, 0.4) is 0 Å². The highest BCUT2D eigenvalue weighted by Gasteiger charge is 2.39. The monoisotopic (exact) mass is 494 g/mol. The minimum absolute atomic E-state index is 0.0855. The SMILES string of the molecule is COc1ccc(CN(C2CCCCNC2=O)S(=O)(=O)c2ncc(Cl)c3oncc23)cc1OC. The van der Waals surface area contributed by atoms with Crippen LogP contribution in [-0.2, 0) is 21.4 Å². The molecule has 4 rings (SSSR count). The minimum Gasteiger partial charge on any atom is -0.493 e. The Bertz CT molecular complexity index is 1280. The summed E-state index contributed by atoms with van der Waals surface area (Å²) in [6, 6.07) is 4.17. The van der Waals surface area contributed by atoms with Crippen molar-refractivity contribution in [2.75, 3.05) is 20.8 Å². The smallest absolute Gasteiger partial charge is 0.262 e. The van der Waals surface area contributed by atoms with Crippen molar-refractivity contribution in [3.05, 3.63) is 41.2 Å². The van der Waals surface area contributed by atoms with E-state index >= 15 is 0 Å². The molecular weight excluding hydrogens is 472 g/mol. The van der Waals surface area contributed by atoms with Crippen LogP contribution < -0.4 is 14.8 Å². The predicted octanol–water partition coefficient (Wildman–Crippen LogP) is 2.75. The molecule has 1 fully saturated rings. The maximum Gasteiger partial charge on any atom is 0.262 e. The summed E-state index contributed by atoms with van der Waals surface area (Å²) in [4.78, 5) is 17.0. The third kappa shape index (κ3) is 4.48. The summed E-state index contributed by atoms with van der Waals surface area (Å²) >= 11 is 6.09. The number of methoxy groups -OCH3 is 2. The van der Waals surface area contributed by atoms with Gasteiger partial charge in [-0.05, 0) is 37.0 Å². The number of halogens is 1. The molecule has 0 saturated carbocycles. The summed E-state index contributed by atoms with van der Waals surface area (Å²) in [7, 11) is -1.26. The first-order chi connectivity index (χ1) is 15.9. The lowest BCUT2D eigenvalue weighted by Gasteiger charge is -2.29. The van der Waals surface area contributed by atoms with Crippen molar-refractivity contribution in [3.63, 3.8) is 0 Å². The van der Waals surface area contributed by atoms with Crippen LogP contribution in [0.15, 0.2) is 40.1 Å². The average molecular weight is 495 g/mol. The number of hydrogen-bond donors (Lipinski definition) is 1. The number of carbonyl (C=O) groups excluding carboxylic acids is 1. The van der Waals surface area contributed by atoms with Gasteiger partial charge in [-0.3, -0.25) is 4.79 Å². The Morgan fingerprint density at radius 2 is 2.00 bits per heavy atom. The largest absolute Gasteiger partial charge is 0.493 e. The molecule has 0 spiro atoms. The molecule has 1 aromatic carbocycles. The maximum absolute atomic E-state index is 13.9. The van der Waals surface area contributed by atoms with Crippen LogP contribution in [0.25, 0.3) is 11.0 Å². The first kappa shape index (κ1) is 23.3. The van der Waals surface area contributed by atoms with Gasteiger partial charge in [-0.2, -0.15) is 4.31 Å². The van der Waals surface area contributed by atoms with E-state index in [4.69, 9.17) is 25.6 Å². The second kappa shape index (κ2) is 9.54. The maximum atomic E-state index is 13.9. The number of pyridine rings is 1. The van der Waals surface area contributed by atoms with E-state index in [1.165, 1.54) is 26.6 Å². The number of benzene rings is 1. The summed E-state index contributed by atoms with van der Waals surface area (Å²) in [5.74, 6) is 0.601. The van der Waals surface area contributed by atoms with Crippen LogP contribution in [0.5, 0.6) is 11.5 Å². The number of rotatable bonds is 7. The molecule has 1 amide bonds. The normalized spacial score (nSPS) is 17.1. The summed E-state index contributed by atoms with van der Waals surface area (Å²) < 4.78 is 44.7. The Hall–Kier alpha value is -2.89. The van der Waals surface area contributed by atoms with Gasteiger partial charge >= 0.3 is 0 Å². The molecule has 1 unspecified atom stereocenters. The van der Waals surface area contributed by atoms with Crippen molar-refractivity contribution in [3.8, 4) is 11.5 Å². The molecule has 1 aliphatic heterocycles. The number of nitrogens with one attached hydrogen (secondary N) is 1. The number of amides is 1. The second-order valence-corrected chi connectivity index (χ2v) is 9.74. The van der Waals surface area contributed by atoms with E-state index in [1.807, 2.05) is 0 Å². The van der Waals surface area contributed by atoms with Crippen molar-refractivity contribution in [2.24, 2.45) is 0 Å². The molecule has 12 heteroatoms. The highest BCUT2D eigenvalue weighted by Crippen LogP contribution is 2.33. The first-order valence-electron chi connectivity index (χ1n) is 10.3. The second-order valence-electron chi connectivity index (χ2n) is 7.52. The summed E-state index contributed by atoms with van der Waals surface area (Å²) in [6.07, 6.45) is 4.28. The fraction of sp³-hybridized carbons (Fsp3) is 0.381. The van der Waals surface area contributed by atoms with E-state index in [-0.39, 0.29) is 33.5 Å². The zero-order valence-corrected chi connectivity index (χ0v) is 19.6. The third-order valence-corrected chi connectivity index (χ3v) is 7.59. The average Bonchev–Trinajstić information content (AvgIpc) is 3.21. The lowest BCUT2D eigenvalue weighted by molar-refractivity contribution is -0.124. The van der Waals surface area contributed by atoms with Gasteiger partial charge in [0.1, 0.15) is 11.1 Å². The van der Waals surface area contributed by atoms with Crippen molar-refractivity contribution in [1.29, 1.82) is 0 Å². The standard InChI is InChI=1S/C21H23ClN4O6S/c1-30-17-7-6-13(9-18(17)31-2)12-26(16-5-3-4-8-23-20(16)27)33(28,29)21-14-10-25-32-19(14)15(22)11-24-21/h6-7,9-11,16H,3-5,8,12H2,1-2H3,(H,23,27). The van der Waals surface area contributed by atoms with Crippen LogP contribution in [0.2, 0.25) is 5.02 Å². The van der Waals surface area contributed by atoms with Gasteiger partial charge in [-0.15, -0.1) is 0 Å². The van der Waals surface area contributed by atoms with Crippen molar-refractivity contribution in [1.82, 2.24) is 19.8 Å². The Kier molecular flexibility index (Phi) is 6.73. The fourth-order valence-electron chi connectivity index (χ4n) is 3.84. The predicted molar refractivity (Wildman–Crippen MR) is 120 cm³/mol. The molecule has 33 heavy (non-hydrogen) atoms. The van der Waals surface area contributed by atoms with Gasteiger partial charge in [0.2, 0.25) is 5.91 Å². The van der Waals surface area contributed by atoms with Gasteiger partial charge in [-0.1, -0.05) is 22.8 Å². The van der Waals surface area contributed by atoms with Crippen molar-refractivity contribution >= 4 is 38.5 Å². The number of fused-ring (bicyclic) bond motifs is 1. The zero-order valence-electron chi connectivity index (χ0n) is 18.1. The molecule has 10 nitrogen and oxygen atoms in total. The Balaban J connectivity index is 1.82. The van der Waals surface area contributed by atoms with Crippen molar-refractivity contribution in [2.45, 2.75) is 36.9 Å². The van der Waals surface area contributed by atoms with Gasteiger partial charge in [0, 0.05) is 13.1 Å². The zero-order chi connectivity index (χ0) is 23.6. The first-order valence-corrected chi connectivity index (χ1v) is 12.1. The third-order valence-electron chi connectivity index (χ3n) is 5.51. The molecule has 1 saturated heterocycles. The van der Waals surface area contributed by atoms with Gasteiger partial charge < -0.3 is 19.3 Å². The lowest BCUT2D eigenvalue weighted by Crippen LogP contribution is -2.48. The molecule has 176 valence electrons. The van der Waals surface area contributed by atoms with E-state index < -0.39 is 16.1 Å². The molecule has 1 N–H and O–H groups in total. The van der Waals surface area contributed by atoms with E-state index in [1.54, 1.807) is 18.2 Å². The molecule has 0 bridgehead atoms. The minimum atomic E-state index is -4.27. The van der Waals surface area contributed by atoms with E-state index in [2.05, 4.69) is 15.5 Å². The molecule has 1 aliphatic rings. The quantitative estimate of drug-likeness (QED) is 0.531. The molecule has 1 atom stereocenters. The summed E-state index contributed by atoms with van der Waals surface area (Å²) in [5.41, 5.74) is 0.727. The van der Waals surface area contributed by atoms with Crippen molar-refractivity contribution < 1.29 is 27.2 Å². The topological polar surface area (TPSA) is 124 Å². The molecule has 2 aromatic heterocycles. The number of ether oxygens (including phenoxy) is 2. The summed E-state index contributed by atoms with van der Waals surface area (Å²) in [5, 5.41) is 6.49. The molecule has 3 heterocycles. The van der Waals surface area contributed by atoms with Gasteiger partial charge in [0.05, 0.1) is 32.0 Å². The lowest BCUT2D eigenvalue weighted by atomic mass is 10.1. The Labute approximate surface area is 195 Å².